The van der Waals surface area contributed by atoms with Crippen molar-refractivity contribution in [2.24, 2.45) is 0 Å². The van der Waals surface area contributed by atoms with Crippen LogP contribution in [0.25, 0.3) is 0 Å². The van der Waals surface area contributed by atoms with E-state index in [1.807, 2.05) is 31.2 Å². The van der Waals surface area contributed by atoms with E-state index in [0.717, 1.165) is 5.56 Å². The van der Waals surface area contributed by atoms with Crippen molar-refractivity contribution < 1.29 is 14.3 Å². The van der Waals surface area contributed by atoms with Crippen LogP contribution in [0.4, 0.5) is 0 Å². The van der Waals surface area contributed by atoms with Crippen molar-refractivity contribution in [2.45, 2.75) is 20.5 Å². The highest BCUT2D eigenvalue weighted by Crippen LogP contribution is 2.35. The number of halogens is 2. The Morgan fingerprint density at radius 3 is 2.50 bits per heavy atom. The van der Waals surface area contributed by atoms with Gasteiger partial charge in [0.25, 0.3) is 0 Å². The van der Waals surface area contributed by atoms with Crippen LogP contribution in [0.1, 0.15) is 28.4 Å². The summed E-state index contributed by atoms with van der Waals surface area (Å²) in [5, 5.41) is 0.365. The molecule has 0 aromatic heterocycles. The number of aryl methyl sites for hydroxylation is 1. The molecule has 116 valence electrons. The normalized spacial score (nSPS) is 10.4. The molecule has 3 nitrogen and oxygen atoms in total. The lowest BCUT2D eigenvalue weighted by molar-refractivity contribution is 0.0526. The average Bonchev–Trinajstić information content (AvgIpc) is 2.48. The van der Waals surface area contributed by atoms with Crippen molar-refractivity contribution in [1.82, 2.24) is 0 Å². The Labute approximate surface area is 143 Å². The van der Waals surface area contributed by atoms with Crippen LogP contribution in [0.2, 0.25) is 5.02 Å². The van der Waals surface area contributed by atoms with Gasteiger partial charge in [-0.25, -0.2) is 4.79 Å². The highest BCUT2D eigenvalue weighted by Gasteiger charge is 2.14. The summed E-state index contributed by atoms with van der Waals surface area (Å²) in [4.78, 5) is 11.7. The molecule has 0 aliphatic rings. The molecule has 0 heterocycles. The molecular formula is C17H16BrClO3. The highest BCUT2D eigenvalue weighted by molar-refractivity contribution is 9.10. The van der Waals surface area contributed by atoms with Gasteiger partial charge in [-0.05, 0) is 47.5 Å². The second kappa shape index (κ2) is 7.65. The SMILES string of the molecule is CCOC(=O)c1cc(Cl)c(OCc2ccc(C)cc2)c(Br)c1. The van der Waals surface area contributed by atoms with Gasteiger partial charge in [-0.2, -0.15) is 0 Å². The van der Waals surface area contributed by atoms with Crippen LogP contribution in [0, 0.1) is 6.92 Å². The van der Waals surface area contributed by atoms with E-state index >= 15 is 0 Å². The molecule has 0 unspecified atom stereocenters. The maximum Gasteiger partial charge on any atom is 0.338 e. The van der Waals surface area contributed by atoms with E-state index in [1.54, 1.807) is 19.1 Å². The Hall–Kier alpha value is -1.52. The largest absolute Gasteiger partial charge is 0.486 e. The van der Waals surface area contributed by atoms with Crippen molar-refractivity contribution in [1.29, 1.82) is 0 Å². The quantitative estimate of drug-likeness (QED) is 0.668. The van der Waals surface area contributed by atoms with Gasteiger partial charge in [-0.3, -0.25) is 0 Å². The minimum Gasteiger partial charge on any atom is -0.486 e. The first-order valence-electron chi connectivity index (χ1n) is 6.85. The summed E-state index contributed by atoms with van der Waals surface area (Å²) >= 11 is 9.59. The molecule has 0 fully saturated rings. The van der Waals surface area contributed by atoms with E-state index in [9.17, 15) is 4.79 Å². The Morgan fingerprint density at radius 2 is 1.91 bits per heavy atom. The third kappa shape index (κ3) is 4.24. The summed E-state index contributed by atoms with van der Waals surface area (Å²) in [5.74, 6) is 0.102. The fourth-order valence-electron chi connectivity index (χ4n) is 1.87. The zero-order valence-corrected chi connectivity index (χ0v) is 14.7. The summed E-state index contributed by atoms with van der Waals surface area (Å²) in [5.41, 5.74) is 2.63. The Morgan fingerprint density at radius 1 is 1.23 bits per heavy atom. The molecule has 0 N–H and O–H groups in total. The number of benzene rings is 2. The van der Waals surface area contributed by atoms with Crippen molar-refractivity contribution >= 4 is 33.5 Å². The number of carbonyl (C=O) groups is 1. The van der Waals surface area contributed by atoms with Gasteiger partial charge in [0.2, 0.25) is 0 Å². The molecule has 0 radical (unpaired) electrons. The minimum absolute atomic E-state index is 0.319. The first-order valence-corrected chi connectivity index (χ1v) is 8.03. The molecule has 0 aliphatic carbocycles. The van der Waals surface area contributed by atoms with Crippen LogP contribution in [-0.4, -0.2) is 12.6 Å². The number of ether oxygens (including phenoxy) is 2. The van der Waals surface area contributed by atoms with Crippen LogP contribution in [0.3, 0.4) is 0 Å². The summed E-state index contributed by atoms with van der Waals surface area (Å²) in [6, 6.07) is 11.3. The van der Waals surface area contributed by atoms with Gasteiger partial charge in [0.15, 0.2) is 5.75 Å². The fraction of sp³-hybridized carbons (Fsp3) is 0.235. The number of esters is 1. The standard InChI is InChI=1S/C17H16BrClO3/c1-3-21-17(20)13-8-14(18)16(15(19)9-13)22-10-12-6-4-11(2)5-7-12/h4-9H,3,10H2,1-2H3. The van der Waals surface area contributed by atoms with Gasteiger partial charge in [0.05, 0.1) is 21.7 Å². The fourth-order valence-corrected chi connectivity index (χ4v) is 2.83. The van der Waals surface area contributed by atoms with Gasteiger partial charge in [0, 0.05) is 0 Å². The first kappa shape index (κ1) is 16.8. The van der Waals surface area contributed by atoms with Crippen LogP contribution in [-0.2, 0) is 11.3 Å². The van der Waals surface area contributed by atoms with Crippen LogP contribution in [0.15, 0.2) is 40.9 Å². The molecule has 0 amide bonds. The number of hydrogen-bond donors (Lipinski definition) is 0. The topological polar surface area (TPSA) is 35.5 Å². The minimum atomic E-state index is -0.407. The molecule has 0 saturated heterocycles. The highest BCUT2D eigenvalue weighted by atomic mass is 79.9. The number of carbonyl (C=O) groups excluding carboxylic acids is 1. The predicted octanol–water partition coefficient (Wildman–Crippen LogP) is 5.17. The van der Waals surface area contributed by atoms with Gasteiger partial charge in [0.1, 0.15) is 6.61 Å². The van der Waals surface area contributed by atoms with Crippen molar-refractivity contribution in [3.05, 3.63) is 62.6 Å². The molecule has 0 aliphatic heterocycles. The summed E-state index contributed by atoms with van der Waals surface area (Å²) in [6.07, 6.45) is 0. The lowest BCUT2D eigenvalue weighted by Crippen LogP contribution is -2.05. The van der Waals surface area contributed by atoms with Gasteiger partial charge < -0.3 is 9.47 Å². The molecule has 2 aromatic carbocycles. The molecule has 0 atom stereocenters. The molecular weight excluding hydrogens is 368 g/mol. The Kier molecular flexibility index (Phi) is 5.86. The van der Waals surface area contributed by atoms with Crippen LogP contribution >= 0.6 is 27.5 Å². The van der Waals surface area contributed by atoms with Crippen molar-refractivity contribution in [3.8, 4) is 5.75 Å². The molecule has 0 spiro atoms. The summed E-state index contributed by atoms with van der Waals surface area (Å²) in [6.45, 7) is 4.51. The lowest BCUT2D eigenvalue weighted by atomic mass is 10.2. The van der Waals surface area contributed by atoms with E-state index in [0.29, 0.717) is 34.0 Å². The second-order valence-electron chi connectivity index (χ2n) is 4.76. The third-order valence-corrected chi connectivity index (χ3v) is 3.88. The molecule has 22 heavy (non-hydrogen) atoms. The average molecular weight is 384 g/mol. The molecule has 2 aromatic rings. The zero-order valence-electron chi connectivity index (χ0n) is 12.4. The third-order valence-electron chi connectivity index (χ3n) is 3.01. The lowest BCUT2D eigenvalue weighted by Gasteiger charge is -2.12. The van der Waals surface area contributed by atoms with E-state index in [-0.39, 0.29) is 0 Å². The summed E-state index contributed by atoms with van der Waals surface area (Å²) in [7, 11) is 0. The summed E-state index contributed by atoms with van der Waals surface area (Å²) < 4.78 is 11.3. The van der Waals surface area contributed by atoms with E-state index < -0.39 is 5.97 Å². The second-order valence-corrected chi connectivity index (χ2v) is 6.03. The Balaban J connectivity index is 2.14. The zero-order chi connectivity index (χ0) is 16.1. The number of hydrogen-bond acceptors (Lipinski definition) is 3. The smallest absolute Gasteiger partial charge is 0.338 e. The molecule has 5 heteroatoms. The Bertz CT molecular complexity index is 645. The van der Waals surface area contributed by atoms with E-state index in [4.69, 9.17) is 21.1 Å². The number of rotatable bonds is 5. The van der Waals surface area contributed by atoms with E-state index in [1.165, 1.54) is 5.56 Å². The maximum absolute atomic E-state index is 11.7. The van der Waals surface area contributed by atoms with Gasteiger partial charge in [-0.1, -0.05) is 41.4 Å². The van der Waals surface area contributed by atoms with Crippen LogP contribution in [0.5, 0.6) is 5.75 Å². The van der Waals surface area contributed by atoms with Crippen molar-refractivity contribution in [3.63, 3.8) is 0 Å². The molecule has 0 saturated carbocycles. The maximum atomic E-state index is 11.7. The van der Waals surface area contributed by atoms with E-state index in [2.05, 4.69) is 15.9 Å². The van der Waals surface area contributed by atoms with Gasteiger partial charge in [-0.15, -0.1) is 0 Å². The van der Waals surface area contributed by atoms with Crippen LogP contribution < -0.4 is 4.74 Å². The van der Waals surface area contributed by atoms with Crippen molar-refractivity contribution in [2.75, 3.05) is 6.61 Å². The first-order chi connectivity index (χ1) is 10.5. The molecule has 0 bridgehead atoms. The monoisotopic (exact) mass is 382 g/mol. The predicted molar refractivity (Wildman–Crippen MR) is 90.6 cm³/mol. The van der Waals surface area contributed by atoms with Gasteiger partial charge >= 0.3 is 5.97 Å². The molecule has 2 rings (SSSR count).